The van der Waals surface area contributed by atoms with Gasteiger partial charge < -0.3 is 19.7 Å². The Bertz CT molecular complexity index is 415. The predicted molar refractivity (Wildman–Crippen MR) is 70.1 cm³/mol. The van der Waals surface area contributed by atoms with Crippen LogP contribution in [0.1, 0.15) is 12.5 Å². The number of carbonyl (C=O) groups is 1. The van der Waals surface area contributed by atoms with Gasteiger partial charge in [-0.15, -0.1) is 0 Å². The average molecular weight is 268 g/mol. The highest BCUT2D eigenvalue weighted by molar-refractivity contribution is 5.80. The molecule has 0 saturated carbocycles. The van der Waals surface area contributed by atoms with Crippen LogP contribution in [0, 0.1) is 0 Å². The molecule has 1 heterocycles. The normalized spacial score (nSPS) is 11.8. The zero-order chi connectivity index (χ0) is 14.4. The van der Waals surface area contributed by atoms with Crippen molar-refractivity contribution in [1.29, 1.82) is 0 Å². The van der Waals surface area contributed by atoms with E-state index in [2.05, 4.69) is 15.3 Å². The number of hydrogen-bond acceptors (Lipinski definition) is 6. The van der Waals surface area contributed by atoms with Gasteiger partial charge in [-0.05, 0) is 6.92 Å². The van der Waals surface area contributed by atoms with E-state index in [1.54, 1.807) is 21.0 Å². The van der Waals surface area contributed by atoms with E-state index in [1.807, 2.05) is 0 Å². The minimum atomic E-state index is -0.315. The van der Waals surface area contributed by atoms with Crippen LogP contribution in [0.15, 0.2) is 6.33 Å². The summed E-state index contributed by atoms with van der Waals surface area (Å²) in [6.07, 6.45) is 1.37. The SMILES string of the molecule is COc1ncnc(OC)c1CNC(C)C(=O)N(C)C. The lowest BCUT2D eigenvalue weighted by Crippen LogP contribution is -2.41. The van der Waals surface area contributed by atoms with Gasteiger partial charge in [-0.3, -0.25) is 4.79 Å². The van der Waals surface area contributed by atoms with Crippen molar-refractivity contribution in [2.75, 3.05) is 28.3 Å². The molecule has 0 fully saturated rings. The molecule has 0 aromatic carbocycles. The molecule has 1 unspecified atom stereocenters. The fraction of sp³-hybridized carbons (Fsp3) is 0.583. The van der Waals surface area contributed by atoms with Crippen molar-refractivity contribution < 1.29 is 14.3 Å². The van der Waals surface area contributed by atoms with Gasteiger partial charge in [-0.2, -0.15) is 0 Å². The van der Waals surface area contributed by atoms with Gasteiger partial charge in [0.1, 0.15) is 6.33 Å². The van der Waals surface area contributed by atoms with Crippen molar-refractivity contribution in [1.82, 2.24) is 20.2 Å². The Labute approximate surface area is 112 Å². The Morgan fingerprint density at radius 3 is 2.26 bits per heavy atom. The molecule has 19 heavy (non-hydrogen) atoms. The monoisotopic (exact) mass is 268 g/mol. The maximum absolute atomic E-state index is 11.7. The fourth-order valence-electron chi connectivity index (χ4n) is 1.61. The third-order valence-corrected chi connectivity index (χ3v) is 2.65. The average Bonchev–Trinajstić information content (AvgIpc) is 2.42. The van der Waals surface area contributed by atoms with Gasteiger partial charge in [0.05, 0.1) is 25.8 Å². The summed E-state index contributed by atoms with van der Waals surface area (Å²) < 4.78 is 10.3. The molecule has 0 aliphatic heterocycles. The third-order valence-electron chi connectivity index (χ3n) is 2.65. The Kier molecular flexibility index (Phi) is 5.50. The number of nitrogens with zero attached hydrogens (tertiary/aromatic N) is 3. The predicted octanol–water partition coefficient (Wildman–Crippen LogP) is 0.0601. The number of ether oxygens (including phenoxy) is 2. The van der Waals surface area contributed by atoms with Gasteiger partial charge in [0.15, 0.2) is 0 Å². The molecule has 7 heteroatoms. The van der Waals surface area contributed by atoms with Gasteiger partial charge in [0, 0.05) is 20.6 Å². The molecular weight excluding hydrogens is 248 g/mol. The standard InChI is InChI=1S/C12H20N4O3/c1-8(12(17)16(2)3)13-6-9-10(18-4)14-7-15-11(9)19-5/h7-8,13H,6H2,1-5H3. The molecule has 0 aliphatic carbocycles. The van der Waals surface area contributed by atoms with Crippen LogP contribution in [-0.2, 0) is 11.3 Å². The number of hydrogen-bond donors (Lipinski definition) is 1. The number of carbonyl (C=O) groups excluding carboxylic acids is 1. The molecule has 1 aromatic heterocycles. The molecule has 1 rings (SSSR count). The van der Waals surface area contributed by atoms with E-state index < -0.39 is 0 Å². The van der Waals surface area contributed by atoms with E-state index in [0.29, 0.717) is 23.9 Å². The Hall–Kier alpha value is -1.89. The first-order valence-electron chi connectivity index (χ1n) is 5.87. The van der Waals surface area contributed by atoms with Crippen LogP contribution < -0.4 is 14.8 Å². The zero-order valence-electron chi connectivity index (χ0n) is 11.9. The molecule has 7 nitrogen and oxygen atoms in total. The van der Waals surface area contributed by atoms with Crippen molar-refractivity contribution in [3.05, 3.63) is 11.9 Å². The number of likely N-dealkylation sites (N-methyl/N-ethyl adjacent to an activating group) is 1. The Morgan fingerprint density at radius 1 is 1.32 bits per heavy atom. The second kappa shape index (κ2) is 6.89. The minimum absolute atomic E-state index is 0.00483. The van der Waals surface area contributed by atoms with Gasteiger partial charge in [-0.25, -0.2) is 9.97 Å². The van der Waals surface area contributed by atoms with Gasteiger partial charge in [0.25, 0.3) is 0 Å². The fourth-order valence-corrected chi connectivity index (χ4v) is 1.61. The highest BCUT2D eigenvalue weighted by Gasteiger charge is 2.17. The first-order valence-corrected chi connectivity index (χ1v) is 5.87. The lowest BCUT2D eigenvalue weighted by molar-refractivity contribution is -0.130. The lowest BCUT2D eigenvalue weighted by atomic mass is 10.2. The molecule has 1 amide bonds. The third kappa shape index (κ3) is 3.78. The molecule has 0 aliphatic rings. The maximum atomic E-state index is 11.7. The van der Waals surface area contributed by atoms with E-state index in [9.17, 15) is 4.79 Å². The maximum Gasteiger partial charge on any atom is 0.238 e. The first-order chi connectivity index (χ1) is 9.01. The summed E-state index contributed by atoms with van der Waals surface area (Å²) in [6, 6.07) is -0.315. The van der Waals surface area contributed by atoms with Crippen molar-refractivity contribution in [3.8, 4) is 11.8 Å². The van der Waals surface area contributed by atoms with Crippen molar-refractivity contribution in [2.24, 2.45) is 0 Å². The minimum Gasteiger partial charge on any atom is -0.481 e. The number of methoxy groups -OCH3 is 2. The van der Waals surface area contributed by atoms with Crippen molar-refractivity contribution >= 4 is 5.91 Å². The number of rotatable bonds is 6. The summed E-state index contributed by atoms with van der Waals surface area (Å²) in [5, 5.41) is 3.10. The van der Waals surface area contributed by atoms with E-state index in [4.69, 9.17) is 9.47 Å². The van der Waals surface area contributed by atoms with Crippen LogP contribution in [0.2, 0.25) is 0 Å². The van der Waals surface area contributed by atoms with Gasteiger partial charge >= 0.3 is 0 Å². The molecule has 1 aromatic rings. The summed E-state index contributed by atoms with van der Waals surface area (Å²) in [6.45, 7) is 2.18. The Balaban J connectivity index is 2.79. The molecular formula is C12H20N4O3. The van der Waals surface area contributed by atoms with E-state index in [-0.39, 0.29) is 11.9 Å². The number of amides is 1. The summed E-state index contributed by atoms with van der Waals surface area (Å²) in [4.78, 5) is 21.3. The first kappa shape index (κ1) is 15.2. The largest absolute Gasteiger partial charge is 0.481 e. The van der Waals surface area contributed by atoms with Crippen molar-refractivity contribution in [2.45, 2.75) is 19.5 Å². The molecule has 106 valence electrons. The lowest BCUT2D eigenvalue weighted by Gasteiger charge is -2.19. The summed E-state index contributed by atoms with van der Waals surface area (Å²) in [5.41, 5.74) is 0.686. The van der Waals surface area contributed by atoms with E-state index >= 15 is 0 Å². The number of aromatic nitrogens is 2. The van der Waals surface area contributed by atoms with E-state index in [0.717, 1.165) is 0 Å². The number of nitrogens with one attached hydrogen (secondary N) is 1. The van der Waals surface area contributed by atoms with Crippen LogP contribution in [-0.4, -0.2) is 55.1 Å². The van der Waals surface area contributed by atoms with Crippen LogP contribution >= 0.6 is 0 Å². The second-order valence-corrected chi connectivity index (χ2v) is 4.21. The molecule has 0 radical (unpaired) electrons. The van der Waals surface area contributed by atoms with Gasteiger partial charge in [0.2, 0.25) is 17.7 Å². The molecule has 0 bridgehead atoms. The van der Waals surface area contributed by atoms with Crippen molar-refractivity contribution in [3.63, 3.8) is 0 Å². The Morgan fingerprint density at radius 2 is 1.84 bits per heavy atom. The highest BCUT2D eigenvalue weighted by Crippen LogP contribution is 2.22. The molecule has 1 atom stereocenters. The van der Waals surface area contributed by atoms with Crippen LogP contribution in [0.25, 0.3) is 0 Å². The molecule has 1 N–H and O–H groups in total. The molecule has 0 saturated heterocycles. The second-order valence-electron chi connectivity index (χ2n) is 4.21. The van der Waals surface area contributed by atoms with Crippen LogP contribution in [0.5, 0.6) is 11.8 Å². The topological polar surface area (TPSA) is 76.6 Å². The van der Waals surface area contributed by atoms with Gasteiger partial charge in [-0.1, -0.05) is 0 Å². The highest BCUT2D eigenvalue weighted by atomic mass is 16.5. The summed E-state index contributed by atoms with van der Waals surface area (Å²) in [5.74, 6) is 0.863. The summed E-state index contributed by atoms with van der Waals surface area (Å²) >= 11 is 0. The van der Waals surface area contributed by atoms with E-state index in [1.165, 1.54) is 25.4 Å². The van der Waals surface area contributed by atoms with Crippen LogP contribution in [0.3, 0.4) is 0 Å². The summed E-state index contributed by atoms with van der Waals surface area (Å²) in [7, 11) is 6.49. The quantitative estimate of drug-likeness (QED) is 0.786. The molecule has 0 spiro atoms. The smallest absolute Gasteiger partial charge is 0.238 e. The van der Waals surface area contributed by atoms with Crippen LogP contribution in [0.4, 0.5) is 0 Å². The zero-order valence-corrected chi connectivity index (χ0v) is 11.9.